The molecular weight excluding hydrogens is 190 g/mol. The number of ketones is 1. The molecule has 0 N–H and O–H groups in total. The quantitative estimate of drug-likeness (QED) is 0.722. The molecule has 0 radical (unpaired) electrons. The summed E-state index contributed by atoms with van der Waals surface area (Å²) >= 11 is 0. The van der Waals surface area contributed by atoms with Crippen LogP contribution in [-0.4, -0.2) is 41.0 Å². The molecule has 0 amide bonds. The highest BCUT2D eigenvalue weighted by atomic mass is 16.1. The number of likely N-dealkylation sites (tertiary alicyclic amines) is 1. The first kappa shape index (κ1) is 10.2. The van der Waals surface area contributed by atoms with Crippen molar-refractivity contribution in [2.45, 2.75) is 12.8 Å². The van der Waals surface area contributed by atoms with E-state index in [1.165, 1.54) is 0 Å². The largest absolute Gasteiger partial charge is 0.306 e. The van der Waals surface area contributed by atoms with Gasteiger partial charge in [-0.05, 0) is 32.1 Å². The molecule has 1 aromatic heterocycles. The molecule has 1 aliphatic heterocycles. The minimum atomic E-state index is 0.192. The fourth-order valence-electron chi connectivity index (χ4n) is 1.95. The zero-order valence-electron chi connectivity index (χ0n) is 8.89. The first-order valence-electron chi connectivity index (χ1n) is 5.23. The summed E-state index contributed by atoms with van der Waals surface area (Å²) in [5, 5.41) is 7.69. The fraction of sp³-hybridized carbons (Fsp3) is 0.545. The van der Waals surface area contributed by atoms with Crippen LogP contribution < -0.4 is 0 Å². The van der Waals surface area contributed by atoms with E-state index in [4.69, 9.17) is 0 Å². The average Bonchev–Trinajstić information content (AvgIpc) is 2.66. The average molecular weight is 205 g/mol. The van der Waals surface area contributed by atoms with E-state index in [1.54, 1.807) is 6.20 Å². The molecule has 1 aliphatic rings. The Kier molecular flexibility index (Phi) is 3.06. The number of hydrogen-bond donors (Lipinski definition) is 0. The van der Waals surface area contributed by atoms with Gasteiger partial charge in [-0.25, -0.2) is 0 Å². The van der Waals surface area contributed by atoms with Gasteiger partial charge >= 0.3 is 0 Å². The number of Topliss-reactive ketones (excluding diaryl/α,β-unsaturated/α-hetero) is 1. The van der Waals surface area contributed by atoms with Crippen molar-refractivity contribution >= 4 is 5.78 Å². The third-order valence-electron chi connectivity index (χ3n) is 2.83. The molecule has 0 saturated carbocycles. The minimum absolute atomic E-state index is 0.192. The topological polar surface area (TPSA) is 46.1 Å². The van der Waals surface area contributed by atoms with Crippen LogP contribution in [0.3, 0.4) is 0 Å². The van der Waals surface area contributed by atoms with Gasteiger partial charge in [-0.2, -0.15) is 10.2 Å². The maximum absolute atomic E-state index is 11.9. The Bertz CT molecular complexity index is 339. The molecular formula is C11H15N3O. The van der Waals surface area contributed by atoms with Crippen LogP contribution in [0, 0.1) is 5.92 Å². The molecule has 2 heterocycles. The molecule has 4 heteroatoms. The Balaban J connectivity index is 1.93. The molecule has 1 atom stereocenters. The molecule has 0 bridgehead atoms. The van der Waals surface area contributed by atoms with Gasteiger partial charge < -0.3 is 4.90 Å². The van der Waals surface area contributed by atoms with E-state index in [2.05, 4.69) is 22.1 Å². The van der Waals surface area contributed by atoms with Crippen LogP contribution in [-0.2, 0) is 11.2 Å². The van der Waals surface area contributed by atoms with Gasteiger partial charge in [0.15, 0.2) is 0 Å². The highest BCUT2D eigenvalue weighted by Crippen LogP contribution is 2.16. The highest BCUT2D eigenvalue weighted by Gasteiger charge is 2.25. The molecule has 1 saturated heterocycles. The molecule has 15 heavy (non-hydrogen) atoms. The molecule has 1 fully saturated rings. The summed E-state index contributed by atoms with van der Waals surface area (Å²) in [7, 11) is 2.05. The lowest BCUT2D eigenvalue weighted by atomic mass is 9.99. The summed E-state index contributed by atoms with van der Waals surface area (Å²) in [6.07, 6.45) is 3.03. The van der Waals surface area contributed by atoms with Crippen LogP contribution in [0.4, 0.5) is 0 Å². The Morgan fingerprint density at radius 1 is 1.67 bits per heavy atom. The maximum Gasteiger partial charge on any atom is 0.143 e. The highest BCUT2D eigenvalue weighted by molar-refractivity contribution is 5.83. The van der Waals surface area contributed by atoms with Crippen molar-refractivity contribution in [1.29, 1.82) is 0 Å². The number of hydrogen-bond acceptors (Lipinski definition) is 4. The predicted octanol–water partition coefficient (Wildman–Crippen LogP) is 0.540. The third kappa shape index (κ3) is 2.59. The Hall–Kier alpha value is -1.29. The second-order valence-corrected chi connectivity index (χ2v) is 4.11. The molecule has 80 valence electrons. The van der Waals surface area contributed by atoms with Crippen molar-refractivity contribution in [2.75, 3.05) is 20.1 Å². The van der Waals surface area contributed by atoms with Crippen LogP contribution in [0.1, 0.15) is 12.1 Å². The number of nitrogens with zero attached hydrogens (tertiary/aromatic N) is 3. The van der Waals surface area contributed by atoms with E-state index in [9.17, 15) is 4.79 Å². The second-order valence-electron chi connectivity index (χ2n) is 4.11. The lowest BCUT2D eigenvalue weighted by molar-refractivity contribution is -0.121. The van der Waals surface area contributed by atoms with E-state index in [0.29, 0.717) is 12.2 Å². The summed E-state index contributed by atoms with van der Waals surface area (Å²) in [5.74, 6) is 0.483. The molecule has 1 unspecified atom stereocenters. The smallest absolute Gasteiger partial charge is 0.143 e. The zero-order valence-corrected chi connectivity index (χ0v) is 8.89. The predicted molar refractivity (Wildman–Crippen MR) is 56.3 cm³/mol. The first-order valence-corrected chi connectivity index (χ1v) is 5.23. The maximum atomic E-state index is 11.9. The first-order chi connectivity index (χ1) is 7.25. The SMILES string of the molecule is CN1CCC(C(=O)Cc2cccnn2)C1. The molecule has 0 aromatic carbocycles. The monoisotopic (exact) mass is 205 g/mol. The van der Waals surface area contributed by atoms with Crippen LogP contribution in [0.5, 0.6) is 0 Å². The Morgan fingerprint density at radius 3 is 3.13 bits per heavy atom. The van der Waals surface area contributed by atoms with Gasteiger partial charge in [-0.1, -0.05) is 0 Å². The van der Waals surface area contributed by atoms with Crippen molar-refractivity contribution in [3.8, 4) is 0 Å². The molecule has 0 spiro atoms. The number of carbonyl (C=O) groups excluding carboxylic acids is 1. The van der Waals surface area contributed by atoms with Gasteiger partial charge in [-0.3, -0.25) is 4.79 Å². The van der Waals surface area contributed by atoms with Gasteiger partial charge in [0.05, 0.1) is 12.1 Å². The van der Waals surface area contributed by atoms with Crippen LogP contribution in [0.25, 0.3) is 0 Å². The van der Waals surface area contributed by atoms with Crippen LogP contribution >= 0.6 is 0 Å². The molecule has 1 aromatic rings. The van der Waals surface area contributed by atoms with E-state index in [-0.39, 0.29) is 5.92 Å². The summed E-state index contributed by atoms with van der Waals surface area (Å²) in [6, 6.07) is 3.67. The van der Waals surface area contributed by atoms with Crippen molar-refractivity contribution < 1.29 is 4.79 Å². The normalized spacial score (nSPS) is 21.8. The van der Waals surface area contributed by atoms with Gasteiger partial charge in [-0.15, -0.1) is 0 Å². The Labute approximate surface area is 89.3 Å². The van der Waals surface area contributed by atoms with Crippen molar-refractivity contribution in [3.63, 3.8) is 0 Å². The Morgan fingerprint density at radius 2 is 2.53 bits per heavy atom. The lowest BCUT2D eigenvalue weighted by Crippen LogP contribution is -2.21. The number of aromatic nitrogens is 2. The summed E-state index contributed by atoms with van der Waals surface area (Å²) in [5.41, 5.74) is 0.775. The molecule has 2 rings (SSSR count). The van der Waals surface area contributed by atoms with Gasteiger partial charge in [0.2, 0.25) is 0 Å². The lowest BCUT2D eigenvalue weighted by Gasteiger charge is -2.08. The fourth-order valence-corrected chi connectivity index (χ4v) is 1.95. The standard InChI is InChI=1S/C11H15N3O/c1-14-6-4-9(8-14)11(15)7-10-3-2-5-12-13-10/h2-3,5,9H,4,6-8H2,1H3. The van der Waals surface area contributed by atoms with E-state index in [1.807, 2.05) is 12.1 Å². The summed E-state index contributed by atoms with van der Waals surface area (Å²) in [4.78, 5) is 14.1. The number of rotatable bonds is 3. The van der Waals surface area contributed by atoms with Crippen molar-refractivity contribution in [1.82, 2.24) is 15.1 Å². The van der Waals surface area contributed by atoms with Crippen LogP contribution in [0.2, 0.25) is 0 Å². The van der Waals surface area contributed by atoms with Crippen molar-refractivity contribution in [3.05, 3.63) is 24.0 Å². The van der Waals surface area contributed by atoms with Crippen LogP contribution in [0.15, 0.2) is 18.3 Å². The van der Waals surface area contributed by atoms with Gasteiger partial charge in [0, 0.05) is 18.7 Å². The zero-order chi connectivity index (χ0) is 10.7. The van der Waals surface area contributed by atoms with E-state index < -0.39 is 0 Å². The third-order valence-corrected chi connectivity index (χ3v) is 2.83. The summed E-state index contributed by atoms with van der Waals surface area (Å²) in [6.45, 7) is 1.91. The van der Waals surface area contributed by atoms with Gasteiger partial charge in [0.25, 0.3) is 0 Å². The second kappa shape index (κ2) is 4.49. The van der Waals surface area contributed by atoms with E-state index in [0.717, 1.165) is 25.2 Å². The van der Waals surface area contributed by atoms with E-state index >= 15 is 0 Å². The summed E-state index contributed by atoms with van der Waals surface area (Å²) < 4.78 is 0. The minimum Gasteiger partial charge on any atom is -0.306 e. The van der Waals surface area contributed by atoms with Crippen molar-refractivity contribution in [2.24, 2.45) is 5.92 Å². The molecule has 4 nitrogen and oxygen atoms in total. The van der Waals surface area contributed by atoms with Gasteiger partial charge in [0.1, 0.15) is 5.78 Å². The number of carbonyl (C=O) groups is 1. The molecule has 0 aliphatic carbocycles.